The molecule has 3 rings (SSSR count). The van der Waals surface area contributed by atoms with Crippen LogP contribution in [0.5, 0.6) is 11.5 Å². The van der Waals surface area contributed by atoms with Crippen molar-refractivity contribution < 1.29 is 9.47 Å². The van der Waals surface area contributed by atoms with Crippen LogP contribution in [0, 0.1) is 5.92 Å². The third-order valence-electron chi connectivity index (χ3n) is 4.05. The van der Waals surface area contributed by atoms with E-state index in [1.54, 1.807) is 0 Å². The summed E-state index contributed by atoms with van der Waals surface area (Å²) in [7, 11) is 0. The molecule has 0 spiro atoms. The Morgan fingerprint density at radius 3 is 2.63 bits per heavy atom. The van der Waals surface area contributed by atoms with Crippen LogP contribution in [0.1, 0.15) is 37.7 Å². The van der Waals surface area contributed by atoms with E-state index in [-0.39, 0.29) is 0 Å². The first-order valence-electron chi connectivity index (χ1n) is 7.51. The first kappa shape index (κ1) is 12.8. The lowest BCUT2D eigenvalue weighted by Crippen LogP contribution is -2.20. The minimum Gasteiger partial charge on any atom is -0.490 e. The molecule has 1 aromatic rings. The van der Waals surface area contributed by atoms with Gasteiger partial charge in [0, 0.05) is 13.0 Å². The molecule has 0 unspecified atom stereocenters. The molecule has 1 heterocycles. The molecule has 0 amide bonds. The van der Waals surface area contributed by atoms with E-state index < -0.39 is 0 Å². The van der Waals surface area contributed by atoms with E-state index in [1.165, 1.54) is 31.2 Å². The van der Waals surface area contributed by atoms with Crippen LogP contribution in [-0.4, -0.2) is 19.8 Å². The molecule has 104 valence electrons. The van der Waals surface area contributed by atoms with Crippen LogP contribution < -0.4 is 14.8 Å². The molecule has 3 nitrogen and oxygen atoms in total. The van der Waals surface area contributed by atoms with Crippen LogP contribution in [0.25, 0.3) is 0 Å². The Labute approximate surface area is 115 Å². The highest BCUT2D eigenvalue weighted by atomic mass is 16.5. The number of nitrogens with one attached hydrogen (secondary N) is 1. The van der Waals surface area contributed by atoms with Gasteiger partial charge in [0.2, 0.25) is 0 Å². The lowest BCUT2D eigenvalue weighted by Gasteiger charge is -2.12. The van der Waals surface area contributed by atoms with E-state index in [4.69, 9.17) is 9.47 Å². The molecule has 0 atom stereocenters. The quantitative estimate of drug-likeness (QED) is 0.903. The minimum atomic E-state index is 0.756. The third kappa shape index (κ3) is 3.41. The number of ether oxygens (including phenoxy) is 2. The zero-order chi connectivity index (χ0) is 12.9. The molecule has 19 heavy (non-hydrogen) atoms. The van der Waals surface area contributed by atoms with Crippen molar-refractivity contribution in [1.82, 2.24) is 5.32 Å². The molecule has 1 aliphatic carbocycles. The summed E-state index contributed by atoms with van der Waals surface area (Å²) in [6.45, 7) is 3.58. The van der Waals surface area contributed by atoms with Crippen molar-refractivity contribution in [1.29, 1.82) is 0 Å². The van der Waals surface area contributed by atoms with Crippen LogP contribution >= 0.6 is 0 Å². The smallest absolute Gasteiger partial charge is 0.161 e. The van der Waals surface area contributed by atoms with E-state index in [0.29, 0.717) is 0 Å². The Balaban J connectivity index is 1.54. The first-order chi connectivity index (χ1) is 9.42. The molecule has 1 aliphatic heterocycles. The second-order valence-electron chi connectivity index (χ2n) is 5.61. The molecule has 3 heteroatoms. The van der Waals surface area contributed by atoms with Gasteiger partial charge in [-0.25, -0.2) is 0 Å². The van der Waals surface area contributed by atoms with E-state index in [9.17, 15) is 0 Å². The van der Waals surface area contributed by atoms with Crippen molar-refractivity contribution in [2.45, 2.75) is 38.6 Å². The van der Waals surface area contributed by atoms with Crippen molar-refractivity contribution in [2.75, 3.05) is 19.8 Å². The van der Waals surface area contributed by atoms with Crippen molar-refractivity contribution in [2.24, 2.45) is 5.92 Å². The van der Waals surface area contributed by atoms with Gasteiger partial charge in [0.05, 0.1) is 13.2 Å². The molecule has 1 fully saturated rings. The Kier molecular flexibility index (Phi) is 4.23. The SMILES string of the molecule is c1cc2c(cc1CNCC1CCCC1)OCCCO2. The fourth-order valence-corrected chi connectivity index (χ4v) is 2.95. The van der Waals surface area contributed by atoms with E-state index >= 15 is 0 Å². The maximum atomic E-state index is 5.72. The Bertz CT molecular complexity index is 413. The molecule has 2 aliphatic rings. The van der Waals surface area contributed by atoms with Crippen LogP contribution in [-0.2, 0) is 6.54 Å². The highest BCUT2D eigenvalue weighted by molar-refractivity contribution is 5.43. The topological polar surface area (TPSA) is 30.5 Å². The molecule has 0 bridgehead atoms. The van der Waals surface area contributed by atoms with E-state index in [1.807, 2.05) is 6.07 Å². The average molecular weight is 261 g/mol. The summed E-state index contributed by atoms with van der Waals surface area (Å²) in [5.74, 6) is 2.68. The number of benzene rings is 1. The molecule has 0 radical (unpaired) electrons. The Hall–Kier alpha value is -1.22. The molecule has 1 N–H and O–H groups in total. The van der Waals surface area contributed by atoms with Crippen LogP contribution in [0.3, 0.4) is 0 Å². The van der Waals surface area contributed by atoms with Crippen molar-refractivity contribution in [3.63, 3.8) is 0 Å². The number of hydrogen-bond donors (Lipinski definition) is 1. The van der Waals surface area contributed by atoms with Gasteiger partial charge in [0.15, 0.2) is 11.5 Å². The fraction of sp³-hybridized carbons (Fsp3) is 0.625. The molecular formula is C16H23NO2. The molecular weight excluding hydrogens is 238 g/mol. The van der Waals surface area contributed by atoms with E-state index in [0.717, 1.165) is 50.1 Å². The summed E-state index contributed by atoms with van der Waals surface area (Å²) in [6, 6.07) is 6.28. The second kappa shape index (κ2) is 6.29. The Morgan fingerprint density at radius 1 is 1.00 bits per heavy atom. The van der Waals surface area contributed by atoms with Crippen LogP contribution in [0.2, 0.25) is 0 Å². The summed E-state index contributed by atoms with van der Waals surface area (Å²) in [4.78, 5) is 0. The first-order valence-corrected chi connectivity index (χ1v) is 7.51. The van der Waals surface area contributed by atoms with Crippen LogP contribution in [0.4, 0.5) is 0 Å². The van der Waals surface area contributed by atoms with E-state index in [2.05, 4.69) is 17.4 Å². The predicted molar refractivity (Wildman–Crippen MR) is 75.7 cm³/mol. The number of fused-ring (bicyclic) bond motifs is 1. The maximum absolute atomic E-state index is 5.72. The van der Waals surface area contributed by atoms with Gasteiger partial charge in [0.25, 0.3) is 0 Å². The second-order valence-corrected chi connectivity index (χ2v) is 5.61. The summed E-state index contributed by atoms with van der Waals surface area (Å²) < 4.78 is 11.4. The summed E-state index contributed by atoms with van der Waals surface area (Å²) in [5.41, 5.74) is 1.28. The van der Waals surface area contributed by atoms with Gasteiger partial charge in [-0.3, -0.25) is 0 Å². The molecule has 1 saturated carbocycles. The van der Waals surface area contributed by atoms with Gasteiger partial charge < -0.3 is 14.8 Å². The van der Waals surface area contributed by atoms with Gasteiger partial charge in [-0.2, -0.15) is 0 Å². The summed E-state index contributed by atoms with van der Waals surface area (Å²) in [6.07, 6.45) is 6.58. The van der Waals surface area contributed by atoms with Crippen LogP contribution in [0.15, 0.2) is 18.2 Å². The monoisotopic (exact) mass is 261 g/mol. The lowest BCUT2D eigenvalue weighted by molar-refractivity contribution is 0.297. The van der Waals surface area contributed by atoms with Crippen molar-refractivity contribution in [3.05, 3.63) is 23.8 Å². The maximum Gasteiger partial charge on any atom is 0.161 e. The van der Waals surface area contributed by atoms with Gasteiger partial charge >= 0.3 is 0 Å². The minimum absolute atomic E-state index is 0.756. The molecule has 1 aromatic carbocycles. The van der Waals surface area contributed by atoms with Crippen molar-refractivity contribution in [3.8, 4) is 11.5 Å². The van der Waals surface area contributed by atoms with Gasteiger partial charge in [-0.15, -0.1) is 0 Å². The van der Waals surface area contributed by atoms with Gasteiger partial charge in [-0.05, 0) is 43.0 Å². The van der Waals surface area contributed by atoms with Crippen molar-refractivity contribution >= 4 is 0 Å². The number of hydrogen-bond acceptors (Lipinski definition) is 3. The lowest BCUT2D eigenvalue weighted by atomic mass is 10.1. The molecule has 0 saturated heterocycles. The largest absolute Gasteiger partial charge is 0.490 e. The number of rotatable bonds is 4. The molecule has 0 aromatic heterocycles. The summed E-state index contributed by atoms with van der Waals surface area (Å²) >= 11 is 0. The zero-order valence-electron chi connectivity index (χ0n) is 11.5. The average Bonchev–Trinajstić information content (AvgIpc) is 2.83. The highest BCUT2D eigenvalue weighted by Gasteiger charge is 2.14. The standard InChI is InChI=1S/C16H23NO2/c1-2-5-13(4-1)11-17-12-14-6-7-15-16(10-14)19-9-3-8-18-15/h6-7,10,13,17H,1-5,8-9,11-12H2. The summed E-state index contributed by atoms with van der Waals surface area (Å²) in [5, 5.41) is 3.57. The highest BCUT2D eigenvalue weighted by Crippen LogP contribution is 2.30. The predicted octanol–water partition coefficient (Wildman–Crippen LogP) is 3.13. The third-order valence-corrected chi connectivity index (χ3v) is 4.05. The van der Waals surface area contributed by atoms with Gasteiger partial charge in [0.1, 0.15) is 0 Å². The zero-order valence-corrected chi connectivity index (χ0v) is 11.5. The van der Waals surface area contributed by atoms with Gasteiger partial charge in [-0.1, -0.05) is 18.9 Å². The normalized spacial score (nSPS) is 19.4. The fourth-order valence-electron chi connectivity index (χ4n) is 2.95. The Morgan fingerprint density at radius 2 is 1.79 bits per heavy atom.